The van der Waals surface area contributed by atoms with Crippen LogP contribution >= 0.6 is 0 Å². The molecule has 182 valence electrons. The van der Waals surface area contributed by atoms with Crippen LogP contribution in [0.25, 0.3) is 0 Å². The van der Waals surface area contributed by atoms with Gasteiger partial charge in [0, 0.05) is 23.4 Å². The van der Waals surface area contributed by atoms with E-state index in [1.807, 2.05) is 6.07 Å². The van der Waals surface area contributed by atoms with Crippen molar-refractivity contribution in [2.45, 2.75) is 62.9 Å². The number of Topliss-reactive ketones (excluding diaryl/α,β-unsaturated/α-hetero) is 1. The van der Waals surface area contributed by atoms with Gasteiger partial charge in [-0.1, -0.05) is 19.9 Å². The summed E-state index contributed by atoms with van der Waals surface area (Å²) in [4.78, 5) is 34.6. The molecular formula is C23H31NO9. The van der Waals surface area contributed by atoms with E-state index in [0.29, 0.717) is 18.4 Å². The summed E-state index contributed by atoms with van der Waals surface area (Å²) in [5.41, 5.74) is 2.34. The predicted molar refractivity (Wildman–Crippen MR) is 116 cm³/mol. The van der Waals surface area contributed by atoms with Gasteiger partial charge in [-0.15, -0.1) is 0 Å². The number of carboxylic acids is 2. The van der Waals surface area contributed by atoms with Gasteiger partial charge in [0.1, 0.15) is 0 Å². The van der Waals surface area contributed by atoms with Crippen molar-refractivity contribution in [2.75, 3.05) is 20.7 Å². The average Bonchev–Trinajstić information content (AvgIpc) is 3.12. The van der Waals surface area contributed by atoms with Crippen LogP contribution in [0.5, 0.6) is 11.5 Å². The number of carbonyl (C=O) groups is 3. The number of aliphatic hydroxyl groups excluding tert-OH is 2. The van der Waals surface area contributed by atoms with Gasteiger partial charge in [-0.25, -0.2) is 9.59 Å². The van der Waals surface area contributed by atoms with Gasteiger partial charge in [0.25, 0.3) is 0 Å². The fourth-order valence-corrected chi connectivity index (χ4v) is 5.45. The number of hydrogen-bond acceptors (Lipinski definition) is 8. The summed E-state index contributed by atoms with van der Waals surface area (Å²) in [5, 5.41) is 32.5. The first-order chi connectivity index (χ1) is 15.5. The molecule has 1 saturated carbocycles. The van der Waals surface area contributed by atoms with Crippen molar-refractivity contribution in [3.05, 3.63) is 23.3 Å². The normalized spacial score (nSPS) is 28.7. The minimum atomic E-state index is -2.27. The van der Waals surface area contributed by atoms with Gasteiger partial charge in [0.15, 0.2) is 35.6 Å². The van der Waals surface area contributed by atoms with Gasteiger partial charge in [-0.2, -0.15) is 0 Å². The van der Waals surface area contributed by atoms with Crippen molar-refractivity contribution in [3.8, 4) is 11.5 Å². The Morgan fingerprint density at radius 1 is 1.24 bits per heavy atom. The molecule has 1 aromatic rings. The lowest BCUT2D eigenvalue weighted by molar-refractivity contribution is -0.165. The van der Waals surface area contributed by atoms with Gasteiger partial charge < -0.3 is 34.8 Å². The highest BCUT2D eigenvalue weighted by Gasteiger charge is 2.61. The summed E-state index contributed by atoms with van der Waals surface area (Å²) < 4.78 is 11.7. The second kappa shape index (κ2) is 9.28. The quantitative estimate of drug-likeness (QED) is 0.465. The monoisotopic (exact) mass is 465 g/mol. The number of hydrogen-bond donors (Lipinski definition) is 4. The molecule has 0 amide bonds. The number of rotatable bonds is 6. The maximum Gasteiger partial charge on any atom is 0.335 e. The molecule has 4 rings (SSSR count). The summed E-state index contributed by atoms with van der Waals surface area (Å²) in [6.07, 6.45) is -2.26. The van der Waals surface area contributed by atoms with E-state index in [0.717, 1.165) is 30.9 Å². The highest BCUT2D eigenvalue weighted by molar-refractivity contribution is 5.89. The van der Waals surface area contributed by atoms with Crippen molar-refractivity contribution in [1.82, 2.24) is 4.90 Å². The molecule has 1 aliphatic heterocycles. The Bertz CT molecular complexity index is 930. The van der Waals surface area contributed by atoms with Crippen molar-refractivity contribution >= 4 is 17.7 Å². The van der Waals surface area contributed by atoms with Crippen LogP contribution in [0.4, 0.5) is 0 Å². The number of methoxy groups -OCH3 is 1. The molecule has 0 aromatic heterocycles. The van der Waals surface area contributed by atoms with Crippen LogP contribution in [0.1, 0.15) is 37.8 Å². The van der Waals surface area contributed by atoms with E-state index in [-0.39, 0.29) is 17.3 Å². The lowest BCUT2D eigenvalue weighted by atomic mass is 9.55. The van der Waals surface area contributed by atoms with Crippen LogP contribution in [0.2, 0.25) is 0 Å². The van der Waals surface area contributed by atoms with Crippen molar-refractivity contribution < 1.29 is 44.3 Å². The Hall–Kier alpha value is -2.69. The van der Waals surface area contributed by atoms with Crippen LogP contribution in [0, 0.1) is 5.92 Å². The first kappa shape index (κ1) is 24.9. The van der Waals surface area contributed by atoms with E-state index in [4.69, 9.17) is 29.9 Å². The maximum absolute atomic E-state index is 12.6. The van der Waals surface area contributed by atoms with Gasteiger partial charge in [0.05, 0.1) is 7.11 Å². The molecule has 4 N–H and O–H groups in total. The highest BCUT2D eigenvalue weighted by Crippen LogP contribution is 2.59. The predicted octanol–water partition coefficient (Wildman–Crippen LogP) is 0.447. The molecule has 0 radical (unpaired) electrons. The third kappa shape index (κ3) is 4.07. The fourth-order valence-electron chi connectivity index (χ4n) is 5.45. The number of ketones is 1. The van der Waals surface area contributed by atoms with E-state index in [1.54, 1.807) is 7.11 Å². The van der Waals surface area contributed by atoms with E-state index in [1.165, 1.54) is 11.1 Å². The molecule has 33 heavy (non-hydrogen) atoms. The third-order valence-electron chi connectivity index (χ3n) is 7.27. The second-order valence-electron chi connectivity index (χ2n) is 8.93. The van der Waals surface area contributed by atoms with Crippen LogP contribution in [0.15, 0.2) is 12.1 Å². The molecule has 2 aliphatic carbocycles. The Labute approximate surface area is 191 Å². The number of ether oxygens (including phenoxy) is 2. The number of carboxylic acid groups (broad SMARTS) is 2. The zero-order chi connectivity index (χ0) is 24.7. The van der Waals surface area contributed by atoms with E-state index in [2.05, 4.69) is 31.9 Å². The molecule has 1 heterocycles. The summed E-state index contributed by atoms with van der Waals surface area (Å²) in [6, 6.07) is 4.62. The summed E-state index contributed by atoms with van der Waals surface area (Å²) in [7, 11) is 3.87. The Morgan fingerprint density at radius 3 is 2.36 bits per heavy atom. The van der Waals surface area contributed by atoms with Gasteiger partial charge in [-0.05, 0) is 44.0 Å². The minimum absolute atomic E-state index is 0.221. The van der Waals surface area contributed by atoms with Crippen molar-refractivity contribution in [2.24, 2.45) is 5.92 Å². The summed E-state index contributed by atoms with van der Waals surface area (Å²) >= 11 is 0. The zero-order valence-electron chi connectivity index (χ0n) is 19.1. The fraction of sp³-hybridized carbons (Fsp3) is 0.609. The maximum atomic E-state index is 12.6. The number of aliphatic hydroxyl groups is 2. The topological polar surface area (TPSA) is 154 Å². The van der Waals surface area contributed by atoms with Gasteiger partial charge in [-0.3, -0.25) is 4.79 Å². The first-order valence-corrected chi connectivity index (χ1v) is 10.9. The van der Waals surface area contributed by atoms with Crippen LogP contribution in [-0.2, 0) is 26.2 Å². The largest absolute Gasteiger partial charge is 0.493 e. The molecule has 1 fully saturated rings. The molecule has 0 spiro atoms. The highest BCUT2D eigenvalue weighted by atomic mass is 16.5. The molecule has 1 aromatic carbocycles. The van der Waals surface area contributed by atoms with E-state index in [9.17, 15) is 14.4 Å². The average molecular weight is 465 g/mol. The first-order valence-electron chi connectivity index (χ1n) is 10.9. The molecular weight excluding hydrogens is 434 g/mol. The lowest BCUT2D eigenvalue weighted by Gasteiger charge is -2.51. The zero-order valence-corrected chi connectivity index (χ0v) is 19.1. The van der Waals surface area contributed by atoms with Gasteiger partial charge >= 0.3 is 11.9 Å². The number of likely N-dealkylation sites (N-methyl/N-ethyl adjacent to an activating group) is 1. The Kier molecular flexibility index (Phi) is 7.01. The Balaban J connectivity index is 0.000000262. The summed E-state index contributed by atoms with van der Waals surface area (Å²) in [5.74, 6) is -1.27. The molecule has 0 unspecified atom stereocenters. The van der Waals surface area contributed by atoms with Crippen molar-refractivity contribution in [1.29, 1.82) is 0 Å². The number of carbonyl (C=O) groups excluding carboxylic acids is 1. The van der Waals surface area contributed by atoms with Crippen LogP contribution < -0.4 is 9.47 Å². The standard InChI is InChI=1S/C19H25NO3.C4H6O6/c1-5-20(3)13-10-11-6-9-15(22-4)17-16(11)19(2)12(13)7-8-14(21)18(19)23-17;5-1(3(7)8)2(6)4(9)10/h6,9,12-13,18H,5,7-8,10H2,1-4H3;1-2,5-6H,(H,7,8)(H,9,10)/t12-,13+,18-,19-;1-,2-/m01/s1. The number of nitrogens with zero attached hydrogens (tertiary/aromatic N) is 1. The van der Waals surface area contributed by atoms with E-state index < -0.39 is 24.1 Å². The Morgan fingerprint density at radius 2 is 1.85 bits per heavy atom. The molecule has 3 aliphatic rings. The van der Waals surface area contributed by atoms with E-state index >= 15 is 0 Å². The second-order valence-corrected chi connectivity index (χ2v) is 8.93. The van der Waals surface area contributed by atoms with Crippen LogP contribution in [0.3, 0.4) is 0 Å². The SMILES string of the molecule is CCN(C)[C@@H]1Cc2ccc(OC)c3c2[C@@]2(C)[C@@H](O3)C(=O)CC[C@@H]12.O=C(O)[C@H](O)[C@@H](O)C(=O)O. The number of benzene rings is 1. The number of aliphatic carboxylic acids is 2. The molecule has 0 bridgehead atoms. The smallest absolute Gasteiger partial charge is 0.335 e. The third-order valence-corrected chi connectivity index (χ3v) is 7.27. The lowest BCUT2D eigenvalue weighted by Crippen LogP contribution is -2.59. The summed E-state index contributed by atoms with van der Waals surface area (Å²) in [6.45, 7) is 5.47. The van der Waals surface area contributed by atoms with Gasteiger partial charge in [0.2, 0.25) is 0 Å². The molecule has 0 saturated heterocycles. The molecule has 10 nitrogen and oxygen atoms in total. The molecule has 6 atom stereocenters. The minimum Gasteiger partial charge on any atom is -0.493 e. The van der Waals surface area contributed by atoms with Crippen LogP contribution in [-0.4, -0.2) is 88.1 Å². The molecule has 10 heteroatoms. The van der Waals surface area contributed by atoms with Crippen molar-refractivity contribution in [3.63, 3.8) is 0 Å².